The van der Waals surface area contributed by atoms with Gasteiger partial charge in [0, 0.05) is 33.6 Å². The molecule has 0 fully saturated rings. The van der Waals surface area contributed by atoms with Crippen molar-refractivity contribution >= 4 is 39.0 Å². The van der Waals surface area contributed by atoms with Crippen molar-refractivity contribution in [2.45, 2.75) is 0 Å². The van der Waals surface area contributed by atoms with Gasteiger partial charge in [0.2, 0.25) is 0 Å². The molecule has 4 nitrogen and oxygen atoms in total. The van der Waals surface area contributed by atoms with E-state index in [0.29, 0.717) is 0 Å². The number of nitrogens with one attached hydrogen (secondary N) is 1. The summed E-state index contributed by atoms with van der Waals surface area (Å²) in [7, 11) is 0. The third-order valence-electron chi connectivity index (χ3n) is 6.25. The Labute approximate surface area is 190 Å². The lowest BCUT2D eigenvalue weighted by molar-refractivity contribution is 0.476. The number of aromatic amines is 1. The van der Waals surface area contributed by atoms with E-state index < -0.39 is 0 Å². The Balaban J connectivity index is 1.32. The summed E-state index contributed by atoms with van der Waals surface area (Å²) < 4.78 is 6.12. The zero-order valence-corrected chi connectivity index (χ0v) is 17.7. The molecular weight excluding hydrogens is 406 g/mol. The van der Waals surface area contributed by atoms with E-state index in [-0.39, 0.29) is 0 Å². The summed E-state index contributed by atoms with van der Waals surface area (Å²) in [6.07, 6.45) is 1.95. The standard InChI is InChI=1S/C29H19N3O/c1-2-8-23-21(7-1)22-17-19(13-15-24(22)31-23)20-14-16-29(30-18-20)32-25-9-3-5-11-27(25)33-28-12-6-4-10-26(28)32/h1-18,31H. The minimum Gasteiger partial charge on any atom is -0.453 e. The number of H-pyrrole nitrogens is 1. The van der Waals surface area contributed by atoms with Gasteiger partial charge in [-0.1, -0.05) is 48.5 Å². The number of fused-ring (bicyclic) bond motifs is 5. The van der Waals surface area contributed by atoms with Crippen LogP contribution in [0.5, 0.6) is 11.5 Å². The van der Waals surface area contributed by atoms with Crippen LogP contribution in [0.1, 0.15) is 0 Å². The molecule has 2 aromatic heterocycles. The highest BCUT2D eigenvalue weighted by atomic mass is 16.5. The van der Waals surface area contributed by atoms with Crippen molar-refractivity contribution < 1.29 is 4.74 Å². The van der Waals surface area contributed by atoms with Crippen LogP contribution in [0.25, 0.3) is 32.9 Å². The summed E-state index contributed by atoms with van der Waals surface area (Å²) in [6.45, 7) is 0. The fourth-order valence-electron chi connectivity index (χ4n) is 4.67. The third kappa shape index (κ3) is 2.81. The Bertz CT molecular complexity index is 1600. The molecule has 0 spiro atoms. The van der Waals surface area contributed by atoms with Crippen molar-refractivity contribution in [3.63, 3.8) is 0 Å². The second-order valence-corrected chi connectivity index (χ2v) is 8.21. The van der Waals surface area contributed by atoms with Gasteiger partial charge in [0.15, 0.2) is 11.5 Å². The zero-order valence-electron chi connectivity index (χ0n) is 17.7. The largest absolute Gasteiger partial charge is 0.453 e. The van der Waals surface area contributed by atoms with Gasteiger partial charge >= 0.3 is 0 Å². The van der Waals surface area contributed by atoms with Gasteiger partial charge in [-0.05, 0) is 60.2 Å². The van der Waals surface area contributed by atoms with E-state index in [9.17, 15) is 0 Å². The SMILES string of the molecule is c1ccc2c(c1)Oc1ccccc1N2c1ccc(-c2ccc3[nH]c4ccccc4c3c2)cn1. The molecule has 7 rings (SSSR count). The van der Waals surface area contributed by atoms with E-state index >= 15 is 0 Å². The minimum atomic E-state index is 0.826. The van der Waals surface area contributed by atoms with Crippen molar-refractivity contribution in [3.8, 4) is 22.6 Å². The predicted octanol–water partition coefficient (Wildman–Crippen LogP) is 7.96. The maximum Gasteiger partial charge on any atom is 0.151 e. The van der Waals surface area contributed by atoms with Crippen LogP contribution in [0.15, 0.2) is 109 Å². The smallest absolute Gasteiger partial charge is 0.151 e. The second kappa shape index (κ2) is 6.97. The second-order valence-electron chi connectivity index (χ2n) is 8.21. The molecule has 33 heavy (non-hydrogen) atoms. The third-order valence-corrected chi connectivity index (χ3v) is 6.25. The van der Waals surface area contributed by atoms with Crippen LogP contribution in [0, 0.1) is 0 Å². The molecule has 0 amide bonds. The summed E-state index contributed by atoms with van der Waals surface area (Å²) in [4.78, 5) is 10.5. The Morgan fingerprint density at radius 1 is 0.606 bits per heavy atom. The first kappa shape index (κ1) is 18.0. The molecule has 1 aliphatic rings. The van der Waals surface area contributed by atoms with E-state index in [2.05, 4.69) is 76.6 Å². The summed E-state index contributed by atoms with van der Waals surface area (Å²) in [5.41, 5.74) is 6.50. The average molecular weight is 425 g/mol. The molecule has 0 unspecified atom stereocenters. The first-order valence-corrected chi connectivity index (χ1v) is 11.0. The van der Waals surface area contributed by atoms with E-state index in [1.807, 2.05) is 42.6 Å². The average Bonchev–Trinajstić information content (AvgIpc) is 3.25. The first-order valence-electron chi connectivity index (χ1n) is 11.0. The van der Waals surface area contributed by atoms with Crippen molar-refractivity contribution in [2.75, 3.05) is 4.90 Å². The number of rotatable bonds is 2. The number of hydrogen-bond acceptors (Lipinski definition) is 3. The molecule has 6 aromatic rings. The van der Waals surface area contributed by atoms with E-state index in [4.69, 9.17) is 9.72 Å². The number of benzene rings is 4. The molecule has 0 aliphatic carbocycles. The molecule has 1 N–H and O–H groups in total. The van der Waals surface area contributed by atoms with Crippen LogP contribution in [0.2, 0.25) is 0 Å². The van der Waals surface area contributed by atoms with Crippen LogP contribution in [-0.2, 0) is 0 Å². The van der Waals surface area contributed by atoms with Gasteiger partial charge in [0.1, 0.15) is 5.82 Å². The highest BCUT2D eigenvalue weighted by Crippen LogP contribution is 2.49. The number of ether oxygens (including phenoxy) is 1. The fraction of sp³-hybridized carbons (Fsp3) is 0. The molecule has 1 aliphatic heterocycles. The Morgan fingerprint density at radius 2 is 1.27 bits per heavy atom. The molecule has 0 saturated heterocycles. The van der Waals surface area contributed by atoms with Crippen molar-refractivity contribution in [2.24, 2.45) is 0 Å². The van der Waals surface area contributed by atoms with Crippen molar-refractivity contribution in [3.05, 3.63) is 109 Å². The van der Waals surface area contributed by atoms with Crippen LogP contribution in [0.4, 0.5) is 17.2 Å². The van der Waals surface area contributed by atoms with Gasteiger partial charge in [0.25, 0.3) is 0 Å². The molecule has 4 aromatic carbocycles. The lowest BCUT2D eigenvalue weighted by Gasteiger charge is -2.31. The van der Waals surface area contributed by atoms with Gasteiger partial charge < -0.3 is 9.72 Å². The van der Waals surface area contributed by atoms with Crippen molar-refractivity contribution in [1.82, 2.24) is 9.97 Å². The van der Waals surface area contributed by atoms with Crippen LogP contribution in [0.3, 0.4) is 0 Å². The zero-order chi connectivity index (χ0) is 21.8. The summed E-state index contributed by atoms with van der Waals surface area (Å²) in [6, 6.07) is 35.3. The van der Waals surface area contributed by atoms with Crippen LogP contribution in [-0.4, -0.2) is 9.97 Å². The van der Waals surface area contributed by atoms with E-state index in [0.717, 1.165) is 50.9 Å². The number of anilines is 3. The molecule has 0 radical (unpaired) electrons. The molecule has 0 bridgehead atoms. The lowest BCUT2D eigenvalue weighted by atomic mass is 10.0. The first-order chi connectivity index (χ1) is 16.3. The number of nitrogens with zero attached hydrogens (tertiary/aromatic N) is 2. The van der Waals surface area contributed by atoms with Crippen LogP contribution < -0.4 is 9.64 Å². The maximum atomic E-state index is 6.12. The molecule has 156 valence electrons. The molecular formula is C29H19N3O. The minimum absolute atomic E-state index is 0.826. The van der Waals surface area contributed by atoms with E-state index in [1.165, 1.54) is 10.8 Å². The number of para-hydroxylation sites is 5. The Kier molecular flexibility index (Phi) is 3.81. The molecule has 0 saturated carbocycles. The van der Waals surface area contributed by atoms with Gasteiger partial charge in [0.05, 0.1) is 11.4 Å². The van der Waals surface area contributed by atoms with Gasteiger partial charge in [-0.25, -0.2) is 4.98 Å². The quantitative estimate of drug-likeness (QED) is 0.305. The number of pyridine rings is 1. The maximum absolute atomic E-state index is 6.12. The van der Waals surface area contributed by atoms with Crippen molar-refractivity contribution in [1.29, 1.82) is 0 Å². The predicted molar refractivity (Wildman–Crippen MR) is 134 cm³/mol. The summed E-state index contributed by atoms with van der Waals surface area (Å²) >= 11 is 0. The van der Waals surface area contributed by atoms with Crippen LogP contribution >= 0.6 is 0 Å². The van der Waals surface area contributed by atoms with Gasteiger partial charge in [-0.2, -0.15) is 0 Å². The van der Waals surface area contributed by atoms with Gasteiger partial charge in [-0.3, -0.25) is 4.90 Å². The topological polar surface area (TPSA) is 41.1 Å². The van der Waals surface area contributed by atoms with Gasteiger partial charge in [-0.15, -0.1) is 0 Å². The summed E-state index contributed by atoms with van der Waals surface area (Å²) in [5, 5.41) is 2.46. The Morgan fingerprint density at radius 3 is 2.03 bits per heavy atom. The molecule has 4 heteroatoms. The van der Waals surface area contributed by atoms with E-state index in [1.54, 1.807) is 0 Å². The number of hydrogen-bond donors (Lipinski definition) is 1. The monoisotopic (exact) mass is 425 g/mol. The fourth-order valence-corrected chi connectivity index (χ4v) is 4.67. The summed E-state index contributed by atoms with van der Waals surface area (Å²) in [5.74, 6) is 2.51. The Hall–Kier alpha value is -4.57. The molecule has 0 atom stereocenters. The highest BCUT2D eigenvalue weighted by molar-refractivity contribution is 6.08. The number of aromatic nitrogens is 2. The highest BCUT2D eigenvalue weighted by Gasteiger charge is 2.25. The lowest BCUT2D eigenvalue weighted by Crippen LogP contribution is -2.16. The normalized spacial score (nSPS) is 12.4. The molecule has 3 heterocycles.